The molecule has 0 saturated carbocycles. The number of rotatable bonds is 6. The highest BCUT2D eigenvalue weighted by atomic mass is 16.5. The van der Waals surface area contributed by atoms with Gasteiger partial charge in [-0.1, -0.05) is 24.3 Å². The summed E-state index contributed by atoms with van der Waals surface area (Å²) in [5.74, 6) is 0.687. The summed E-state index contributed by atoms with van der Waals surface area (Å²) in [6.07, 6.45) is 4.09. The van der Waals surface area contributed by atoms with Crippen molar-refractivity contribution in [2.24, 2.45) is 0 Å². The van der Waals surface area contributed by atoms with E-state index in [1.54, 1.807) is 36.3 Å². The first-order chi connectivity index (χ1) is 12.2. The molecule has 0 unspecified atom stereocenters. The van der Waals surface area contributed by atoms with Gasteiger partial charge in [-0.15, -0.1) is 0 Å². The average molecular weight is 339 g/mol. The van der Waals surface area contributed by atoms with Crippen LogP contribution in [0.5, 0.6) is 5.75 Å². The van der Waals surface area contributed by atoms with Crippen LogP contribution in [-0.4, -0.2) is 26.1 Å². The van der Waals surface area contributed by atoms with Gasteiger partial charge < -0.3 is 15.0 Å². The number of benzene rings is 2. The fourth-order valence-electron chi connectivity index (χ4n) is 3.32. The molecule has 1 aliphatic rings. The first kappa shape index (κ1) is 17.5. The molecule has 0 aliphatic carbocycles. The van der Waals surface area contributed by atoms with Crippen LogP contribution < -0.4 is 15.0 Å². The Kier molecular flexibility index (Phi) is 6.07. The van der Waals surface area contributed by atoms with Crippen LogP contribution in [0.25, 0.3) is 0 Å². The molecule has 2 aromatic rings. The van der Waals surface area contributed by atoms with Gasteiger partial charge in [0.25, 0.3) is 5.91 Å². The van der Waals surface area contributed by atoms with Crippen molar-refractivity contribution in [3.05, 3.63) is 65.2 Å². The van der Waals surface area contributed by atoms with Gasteiger partial charge in [0.05, 0.1) is 20.2 Å². The number of amides is 1. The highest BCUT2D eigenvalue weighted by Crippen LogP contribution is 2.11. The molecule has 132 valence electrons. The number of piperidine rings is 1. The van der Waals surface area contributed by atoms with Crippen molar-refractivity contribution in [2.45, 2.75) is 32.4 Å². The number of likely N-dealkylation sites (tertiary alicyclic amines) is 1. The number of nitrogens with one attached hydrogen (secondary N) is 2. The fraction of sp³-hybridized carbons (Fsp3) is 0.381. The van der Waals surface area contributed by atoms with E-state index in [0.29, 0.717) is 12.1 Å². The normalized spacial score (nSPS) is 14.9. The van der Waals surface area contributed by atoms with Crippen LogP contribution in [0.3, 0.4) is 0 Å². The number of methoxy groups -OCH3 is 1. The predicted molar refractivity (Wildman–Crippen MR) is 98.9 cm³/mol. The molecular weight excluding hydrogens is 312 g/mol. The molecule has 1 fully saturated rings. The highest BCUT2D eigenvalue weighted by molar-refractivity contribution is 5.94. The van der Waals surface area contributed by atoms with Gasteiger partial charge in [0.15, 0.2) is 0 Å². The van der Waals surface area contributed by atoms with Crippen molar-refractivity contribution in [2.75, 3.05) is 20.2 Å². The lowest BCUT2D eigenvalue weighted by molar-refractivity contribution is -0.918. The van der Waals surface area contributed by atoms with Crippen LogP contribution in [-0.2, 0) is 13.1 Å². The molecule has 2 aromatic carbocycles. The number of carbonyl (C=O) groups is 1. The first-order valence-corrected chi connectivity index (χ1v) is 9.08. The lowest BCUT2D eigenvalue weighted by Crippen LogP contribution is -3.11. The summed E-state index contributed by atoms with van der Waals surface area (Å²) in [5, 5.41) is 2.97. The zero-order chi connectivity index (χ0) is 17.5. The summed E-state index contributed by atoms with van der Waals surface area (Å²) in [7, 11) is 1.62. The zero-order valence-corrected chi connectivity index (χ0v) is 14.9. The minimum atomic E-state index is -0.0653. The van der Waals surface area contributed by atoms with E-state index >= 15 is 0 Å². The second kappa shape index (κ2) is 8.67. The Balaban J connectivity index is 1.49. The summed E-state index contributed by atoms with van der Waals surface area (Å²) >= 11 is 0. The summed E-state index contributed by atoms with van der Waals surface area (Å²) in [4.78, 5) is 13.9. The SMILES string of the molecule is COc1ccc(C(=O)NCc2ccc(C[NH+]3CCCCC3)cc2)cc1. The van der Waals surface area contributed by atoms with Gasteiger partial charge in [0.1, 0.15) is 12.3 Å². The molecule has 0 atom stereocenters. The van der Waals surface area contributed by atoms with Gasteiger partial charge in [-0.3, -0.25) is 4.79 Å². The van der Waals surface area contributed by atoms with Crippen molar-refractivity contribution in [3.8, 4) is 5.75 Å². The molecule has 4 heteroatoms. The Morgan fingerprint density at radius 3 is 2.24 bits per heavy atom. The molecule has 3 rings (SSSR count). The molecule has 0 spiro atoms. The van der Waals surface area contributed by atoms with Gasteiger partial charge >= 0.3 is 0 Å². The van der Waals surface area contributed by atoms with Gasteiger partial charge in [-0.25, -0.2) is 0 Å². The van der Waals surface area contributed by atoms with E-state index in [-0.39, 0.29) is 5.91 Å². The lowest BCUT2D eigenvalue weighted by Gasteiger charge is -2.23. The van der Waals surface area contributed by atoms with Crippen LogP contribution in [0.4, 0.5) is 0 Å². The average Bonchev–Trinajstić information content (AvgIpc) is 2.68. The molecule has 1 saturated heterocycles. The third-order valence-corrected chi connectivity index (χ3v) is 4.84. The Bertz CT molecular complexity index is 674. The maximum absolute atomic E-state index is 12.2. The van der Waals surface area contributed by atoms with E-state index < -0.39 is 0 Å². The summed E-state index contributed by atoms with van der Waals surface area (Å²) < 4.78 is 5.11. The fourth-order valence-corrected chi connectivity index (χ4v) is 3.32. The Labute approximate surface area is 149 Å². The molecule has 25 heavy (non-hydrogen) atoms. The Hall–Kier alpha value is -2.33. The molecule has 0 bridgehead atoms. The molecule has 4 nitrogen and oxygen atoms in total. The van der Waals surface area contributed by atoms with Crippen molar-refractivity contribution >= 4 is 5.91 Å². The minimum absolute atomic E-state index is 0.0653. The predicted octanol–water partition coefficient (Wildman–Crippen LogP) is 2.19. The van der Waals surface area contributed by atoms with Crippen molar-refractivity contribution in [3.63, 3.8) is 0 Å². The molecule has 1 amide bonds. The quantitative estimate of drug-likeness (QED) is 0.847. The monoisotopic (exact) mass is 339 g/mol. The Morgan fingerprint density at radius 1 is 0.960 bits per heavy atom. The number of ether oxygens (including phenoxy) is 1. The van der Waals surface area contributed by atoms with Crippen LogP contribution in [0.1, 0.15) is 40.7 Å². The third-order valence-electron chi connectivity index (χ3n) is 4.84. The maximum atomic E-state index is 12.2. The lowest BCUT2D eigenvalue weighted by atomic mass is 10.1. The first-order valence-electron chi connectivity index (χ1n) is 9.08. The number of quaternary nitrogens is 1. The molecule has 0 aromatic heterocycles. The van der Waals surface area contributed by atoms with Crippen molar-refractivity contribution in [1.82, 2.24) is 5.32 Å². The van der Waals surface area contributed by atoms with E-state index in [1.165, 1.54) is 37.9 Å². The summed E-state index contributed by atoms with van der Waals surface area (Å²) in [6, 6.07) is 15.8. The maximum Gasteiger partial charge on any atom is 0.251 e. The molecule has 1 aliphatic heterocycles. The largest absolute Gasteiger partial charge is 0.497 e. The van der Waals surface area contributed by atoms with Gasteiger partial charge in [0.2, 0.25) is 0 Å². The number of carbonyl (C=O) groups excluding carboxylic acids is 1. The zero-order valence-electron chi connectivity index (χ0n) is 14.9. The molecular formula is C21H27N2O2+. The highest BCUT2D eigenvalue weighted by Gasteiger charge is 2.13. The van der Waals surface area contributed by atoms with Gasteiger partial charge in [-0.2, -0.15) is 0 Å². The molecule has 2 N–H and O–H groups in total. The van der Waals surface area contributed by atoms with E-state index in [1.807, 2.05) is 0 Å². The van der Waals surface area contributed by atoms with E-state index in [9.17, 15) is 4.79 Å². The molecule has 0 radical (unpaired) electrons. The van der Waals surface area contributed by atoms with Gasteiger partial charge in [-0.05, 0) is 49.1 Å². The van der Waals surface area contributed by atoms with Crippen LogP contribution in [0.15, 0.2) is 48.5 Å². The van der Waals surface area contributed by atoms with Crippen molar-refractivity contribution < 1.29 is 14.4 Å². The van der Waals surface area contributed by atoms with E-state index in [4.69, 9.17) is 4.74 Å². The number of hydrogen-bond acceptors (Lipinski definition) is 2. The topological polar surface area (TPSA) is 42.8 Å². The van der Waals surface area contributed by atoms with Crippen LogP contribution in [0, 0.1) is 0 Å². The second-order valence-corrected chi connectivity index (χ2v) is 6.72. The van der Waals surface area contributed by atoms with Crippen molar-refractivity contribution in [1.29, 1.82) is 0 Å². The summed E-state index contributed by atoms with van der Waals surface area (Å²) in [6.45, 7) is 4.24. The van der Waals surface area contributed by atoms with Crippen LogP contribution >= 0.6 is 0 Å². The van der Waals surface area contributed by atoms with E-state index in [2.05, 4.69) is 29.6 Å². The smallest absolute Gasteiger partial charge is 0.251 e. The van der Waals surface area contributed by atoms with E-state index in [0.717, 1.165) is 17.9 Å². The standard InChI is InChI=1S/C21H26N2O2/c1-25-20-11-9-19(10-12-20)21(24)22-15-17-5-7-18(8-6-17)16-23-13-3-2-4-14-23/h5-12H,2-4,13-16H2,1H3,(H,22,24)/p+1. The molecule has 1 heterocycles. The second-order valence-electron chi connectivity index (χ2n) is 6.72. The number of hydrogen-bond donors (Lipinski definition) is 2. The summed E-state index contributed by atoms with van der Waals surface area (Å²) in [5.41, 5.74) is 3.15. The third kappa shape index (κ3) is 5.07. The van der Waals surface area contributed by atoms with Crippen LogP contribution in [0.2, 0.25) is 0 Å². The Morgan fingerprint density at radius 2 is 1.60 bits per heavy atom. The van der Waals surface area contributed by atoms with Gasteiger partial charge in [0, 0.05) is 17.7 Å². The minimum Gasteiger partial charge on any atom is -0.497 e.